The van der Waals surface area contributed by atoms with Crippen LogP contribution in [-0.2, 0) is 0 Å². The lowest BCUT2D eigenvalue weighted by molar-refractivity contribution is 0.0696. The van der Waals surface area contributed by atoms with E-state index in [0.29, 0.717) is 5.02 Å². The standard InChI is InChI=1S/C15H11ClFNO3/c1-8-2-3-9(6-11(8)16)14(19)18-13-5-4-10(15(20)21)7-12(13)17/h2-7H,1H3,(H,18,19)(H,20,21). The Morgan fingerprint density at radius 2 is 1.81 bits per heavy atom. The first-order chi connectivity index (χ1) is 9.88. The second-order valence-corrected chi connectivity index (χ2v) is 4.83. The van der Waals surface area contributed by atoms with Crippen LogP contribution in [0.1, 0.15) is 26.3 Å². The largest absolute Gasteiger partial charge is 0.478 e. The fourth-order valence-corrected chi connectivity index (χ4v) is 1.86. The van der Waals surface area contributed by atoms with Crippen LogP contribution in [0.5, 0.6) is 0 Å². The normalized spacial score (nSPS) is 10.2. The zero-order valence-electron chi connectivity index (χ0n) is 11.0. The highest BCUT2D eigenvalue weighted by molar-refractivity contribution is 6.31. The van der Waals surface area contributed by atoms with Gasteiger partial charge in [0, 0.05) is 10.6 Å². The SMILES string of the molecule is Cc1ccc(C(=O)Nc2ccc(C(=O)O)cc2F)cc1Cl. The Morgan fingerprint density at radius 1 is 1.14 bits per heavy atom. The van der Waals surface area contributed by atoms with E-state index in [2.05, 4.69) is 5.32 Å². The molecule has 0 spiro atoms. The lowest BCUT2D eigenvalue weighted by Gasteiger charge is -2.08. The third-order valence-corrected chi connectivity index (χ3v) is 3.31. The summed E-state index contributed by atoms with van der Waals surface area (Å²) in [6.45, 7) is 1.80. The van der Waals surface area contributed by atoms with Crippen molar-refractivity contribution in [3.63, 3.8) is 0 Å². The van der Waals surface area contributed by atoms with Gasteiger partial charge in [-0.05, 0) is 42.8 Å². The molecule has 0 saturated carbocycles. The molecule has 1 amide bonds. The molecule has 108 valence electrons. The van der Waals surface area contributed by atoms with Crippen LogP contribution in [0.25, 0.3) is 0 Å². The summed E-state index contributed by atoms with van der Waals surface area (Å²) in [5, 5.41) is 11.6. The number of carboxylic acid groups (broad SMARTS) is 1. The van der Waals surface area contributed by atoms with E-state index in [1.54, 1.807) is 19.1 Å². The highest BCUT2D eigenvalue weighted by atomic mass is 35.5. The van der Waals surface area contributed by atoms with Crippen LogP contribution < -0.4 is 5.32 Å². The Morgan fingerprint density at radius 3 is 2.38 bits per heavy atom. The number of aromatic carboxylic acids is 1. The Balaban J connectivity index is 2.23. The van der Waals surface area contributed by atoms with Gasteiger partial charge in [-0.25, -0.2) is 9.18 Å². The number of hydrogen-bond acceptors (Lipinski definition) is 2. The predicted molar refractivity (Wildman–Crippen MR) is 77.5 cm³/mol. The number of carboxylic acids is 1. The lowest BCUT2D eigenvalue weighted by Crippen LogP contribution is -2.13. The molecule has 2 rings (SSSR count). The second-order valence-electron chi connectivity index (χ2n) is 4.42. The number of anilines is 1. The topological polar surface area (TPSA) is 66.4 Å². The van der Waals surface area contributed by atoms with Crippen molar-refractivity contribution in [2.45, 2.75) is 6.92 Å². The number of rotatable bonds is 3. The number of aryl methyl sites for hydroxylation is 1. The number of carbonyl (C=O) groups excluding carboxylic acids is 1. The molecule has 6 heteroatoms. The van der Waals surface area contributed by atoms with Crippen molar-refractivity contribution in [1.82, 2.24) is 0 Å². The van der Waals surface area contributed by atoms with Crippen LogP contribution >= 0.6 is 11.6 Å². The molecule has 21 heavy (non-hydrogen) atoms. The van der Waals surface area contributed by atoms with Crippen LogP contribution in [-0.4, -0.2) is 17.0 Å². The highest BCUT2D eigenvalue weighted by Crippen LogP contribution is 2.20. The molecule has 2 aromatic rings. The van der Waals surface area contributed by atoms with Gasteiger partial charge in [-0.3, -0.25) is 4.79 Å². The van der Waals surface area contributed by atoms with Gasteiger partial charge in [0.1, 0.15) is 5.82 Å². The lowest BCUT2D eigenvalue weighted by atomic mass is 10.1. The van der Waals surface area contributed by atoms with Gasteiger partial charge >= 0.3 is 5.97 Å². The molecule has 4 nitrogen and oxygen atoms in total. The van der Waals surface area contributed by atoms with E-state index in [0.717, 1.165) is 11.6 Å². The fourth-order valence-electron chi connectivity index (χ4n) is 1.68. The summed E-state index contributed by atoms with van der Waals surface area (Å²) in [5.74, 6) is -2.59. The van der Waals surface area contributed by atoms with Crippen molar-refractivity contribution in [2.75, 3.05) is 5.32 Å². The van der Waals surface area contributed by atoms with Gasteiger partial charge in [-0.15, -0.1) is 0 Å². The average Bonchev–Trinajstić information content (AvgIpc) is 2.43. The van der Waals surface area contributed by atoms with E-state index in [-0.39, 0.29) is 16.8 Å². The first kappa shape index (κ1) is 15.0. The van der Waals surface area contributed by atoms with Crippen LogP contribution in [0.3, 0.4) is 0 Å². The van der Waals surface area contributed by atoms with Crippen LogP contribution in [0.15, 0.2) is 36.4 Å². The Hall–Kier alpha value is -2.40. The summed E-state index contributed by atoms with van der Waals surface area (Å²) < 4.78 is 13.7. The van der Waals surface area contributed by atoms with Gasteiger partial charge in [-0.1, -0.05) is 17.7 Å². The minimum Gasteiger partial charge on any atom is -0.478 e. The molecular weight excluding hydrogens is 297 g/mol. The Labute approximate surface area is 125 Å². The predicted octanol–water partition coefficient (Wildman–Crippen LogP) is 3.74. The van der Waals surface area contributed by atoms with Crippen LogP contribution in [0, 0.1) is 12.7 Å². The summed E-state index contributed by atoms with van der Waals surface area (Å²) in [6, 6.07) is 7.99. The minimum atomic E-state index is -1.24. The van der Waals surface area contributed by atoms with Crippen molar-refractivity contribution in [1.29, 1.82) is 0 Å². The molecule has 0 bridgehead atoms. The molecule has 2 N–H and O–H groups in total. The molecule has 0 heterocycles. The van der Waals surface area contributed by atoms with Gasteiger partial charge in [0.15, 0.2) is 0 Å². The quantitative estimate of drug-likeness (QED) is 0.907. The zero-order chi connectivity index (χ0) is 15.6. The number of halogens is 2. The number of hydrogen-bond donors (Lipinski definition) is 2. The molecule has 2 aromatic carbocycles. The average molecular weight is 308 g/mol. The summed E-state index contributed by atoms with van der Waals surface area (Å²) in [4.78, 5) is 22.7. The zero-order valence-corrected chi connectivity index (χ0v) is 11.7. The highest BCUT2D eigenvalue weighted by Gasteiger charge is 2.12. The van der Waals surface area contributed by atoms with E-state index >= 15 is 0 Å². The van der Waals surface area contributed by atoms with Crippen molar-refractivity contribution in [3.8, 4) is 0 Å². The van der Waals surface area contributed by atoms with Gasteiger partial charge in [0.2, 0.25) is 0 Å². The van der Waals surface area contributed by atoms with Gasteiger partial charge in [-0.2, -0.15) is 0 Å². The molecule has 0 aliphatic rings. The maximum absolute atomic E-state index is 13.7. The third kappa shape index (κ3) is 3.38. The molecule has 0 radical (unpaired) electrons. The van der Waals surface area contributed by atoms with Crippen molar-refractivity contribution >= 4 is 29.2 Å². The van der Waals surface area contributed by atoms with Crippen LogP contribution in [0.2, 0.25) is 5.02 Å². The van der Waals surface area contributed by atoms with Crippen molar-refractivity contribution < 1.29 is 19.1 Å². The molecule has 0 aliphatic heterocycles. The molecule has 0 aliphatic carbocycles. The maximum atomic E-state index is 13.7. The summed E-state index contributed by atoms with van der Waals surface area (Å²) in [6.07, 6.45) is 0. The molecule has 0 fully saturated rings. The third-order valence-electron chi connectivity index (χ3n) is 2.90. The van der Waals surface area contributed by atoms with Crippen molar-refractivity contribution in [3.05, 3.63) is 63.9 Å². The molecular formula is C15H11ClFNO3. The monoisotopic (exact) mass is 307 g/mol. The molecule has 0 aromatic heterocycles. The van der Waals surface area contributed by atoms with E-state index in [4.69, 9.17) is 16.7 Å². The first-order valence-electron chi connectivity index (χ1n) is 5.99. The van der Waals surface area contributed by atoms with E-state index in [9.17, 15) is 14.0 Å². The molecule has 0 unspecified atom stereocenters. The summed E-state index contributed by atoms with van der Waals surface area (Å²) >= 11 is 5.93. The van der Waals surface area contributed by atoms with Crippen molar-refractivity contribution in [2.24, 2.45) is 0 Å². The molecule has 0 saturated heterocycles. The number of nitrogens with one attached hydrogen (secondary N) is 1. The van der Waals surface area contributed by atoms with Gasteiger partial charge < -0.3 is 10.4 Å². The van der Waals surface area contributed by atoms with E-state index in [1.165, 1.54) is 18.2 Å². The van der Waals surface area contributed by atoms with Gasteiger partial charge in [0.25, 0.3) is 5.91 Å². The number of carbonyl (C=O) groups is 2. The van der Waals surface area contributed by atoms with E-state index in [1.807, 2.05) is 0 Å². The Bertz CT molecular complexity index is 731. The first-order valence-corrected chi connectivity index (χ1v) is 6.36. The molecule has 0 atom stereocenters. The smallest absolute Gasteiger partial charge is 0.335 e. The number of amides is 1. The van der Waals surface area contributed by atoms with Crippen LogP contribution in [0.4, 0.5) is 10.1 Å². The Kier molecular flexibility index (Phi) is 4.23. The summed E-state index contributed by atoms with van der Waals surface area (Å²) in [7, 11) is 0. The van der Waals surface area contributed by atoms with E-state index < -0.39 is 17.7 Å². The minimum absolute atomic E-state index is 0.0957. The fraction of sp³-hybridized carbons (Fsp3) is 0.0667. The second kappa shape index (κ2) is 5.93. The summed E-state index contributed by atoms with van der Waals surface area (Å²) in [5.41, 5.74) is 0.822. The van der Waals surface area contributed by atoms with Gasteiger partial charge in [0.05, 0.1) is 11.3 Å². The maximum Gasteiger partial charge on any atom is 0.335 e. The number of benzene rings is 2.